The number of hydrogen-bond donors (Lipinski definition) is 0. The van der Waals surface area contributed by atoms with Crippen LogP contribution in [0.25, 0.3) is 0 Å². The molecule has 0 saturated heterocycles. The molecular weight excluding hydrogens is 312 g/mol. The molecule has 0 aliphatic carbocycles. The van der Waals surface area contributed by atoms with E-state index < -0.39 is 0 Å². The lowest BCUT2D eigenvalue weighted by Crippen LogP contribution is -1.86. The van der Waals surface area contributed by atoms with Gasteiger partial charge in [0.15, 0.2) is 0 Å². The van der Waals surface area contributed by atoms with Crippen molar-refractivity contribution in [1.82, 2.24) is 0 Å². The molecule has 1 aromatic rings. The maximum Gasteiger partial charge on any atom is 0.0500 e. The molecule has 1 atom stereocenters. The van der Waals surface area contributed by atoms with Gasteiger partial charge in [0.2, 0.25) is 0 Å². The summed E-state index contributed by atoms with van der Waals surface area (Å²) in [5, 5.41) is 0. The quantitative estimate of drug-likeness (QED) is 0.646. The smallest absolute Gasteiger partial charge is 0.0500 e. The Labute approximate surface area is 101 Å². The molecule has 0 aliphatic heterocycles. The first kappa shape index (κ1) is 11.7. The summed E-state index contributed by atoms with van der Waals surface area (Å²) in [6, 6.07) is 2.19. The van der Waals surface area contributed by atoms with E-state index in [0.717, 1.165) is 0 Å². The van der Waals surface area contributed by atoms with Crippen molar-refractivity contribution >= 4 is 43.2 Å². The van der Waals surface area contributed by atoms with Crippen molar-refractivity contribution in [2.75, 3.05) is 0 Å². The molecule has 0 N–H and O–H groups in total. The third kappa shape index (κ3) is 3.37. The molecule has 74 valence electrons. The average molecular weight is 326 g/mol. The van der Waals surface area contributed by atoms with Crippen molar-refractivity contribution in [3.05, 3.63) is 20.3 Å². The highest BCUT2D eigenvalue weighted by molar-refractivity contribution is 9.11. The van der Waals surface area contributed by atoms with E-state index in [1.165, 1.54) is 33.5 Å². The fraction of sp³-hybridized carbons (Fsp3) is 0.600. The van der Waals surface area contributed by atoms with Crippen LogP contribution in [0.15, 0.2) is 10.5 Å². The van der Waals surface area contributed by atoms with Gasteiger partial charge < -0.3 is 0 Å². The molecule has 1 aromatic heterocycles. The van der Waals surface area contributed by atoms with Crippen molar-refractivity contribution in [3.63, 3.8) is 0 Å². The first-order valence-corrected chi connectivity index (χ1v) is 7.07. The lowest BCUT2D eigenvalue weighted by atomic mass is 10.2. The summed E-state index contributed by atoms with van der Waals surface area (Å²) < 4.78 is 1.26. The van der Waals surface area contributed by atoms with Crippen LogP contribution >= 0.6 is 43.2 Å². The molecule has 3 heteroatoms. The fourth-order valence-corrected chi connectivity index (χ4v) is 4.33. The zero-order chi connectivity index (χ0) is 9.84. The van der Waals surface area contributed by atoms with Crippen molar-refractivity contribution < 1.29 is 0 Å². The minimum atomic E-state index is 0.528. The van der Waals surface area contributed by atoms with E-state index in [4.69, 9.17) is 0 Å². The summed E-state index contributed by atoms with van der Waals surface area (Å²) in [7, 11) is 0. The number of thiophene rings is 1. The Hall–Kier alpha value is 0.660. The first-order chi connectivity index (χ1) is 6.15. The topological polar surface area (TPSA) is 0 Å². The first-order valence-electron chi connectivity index (χ1n) is 4.55. The minimum absolute atomic E-state index is 0.528. The second-order valence-corrected chi connectivity index (χ2v) is 6.43. The van der Waals surface area contributed by atoms with Crippen LogP contribution in [-0.4, -0.2) is 0 Å². The highest BCUT2D eigenvalue weighted by Crippen LogP contribution is 2.39. The molecule has 13 heavy (non-hydrogen) atoms. The SMILES string of the molecule is CCCCC(Br)c1sc(C)cc1Br. The van der Waals surface area contributed by atoms with E-state index in [9.17, 15) is 0 Å². The standard InChI is InChI=1S/C10H14Br2S/c1-3-4-5-8(11)10-9(12)6-7(2)13-10/h6,8H,3-5H2,1-2H3. The van der Waals surface area contributed by atoms with Crippen LogP contribution in [0.5, 0.6) is 0 Å². The molecule has 1 unspecified atom stereocenters. The Morgan fingerprint density at radius 3 is 2.69 bits per heavy atom. The molecule has 1 heterocycles. The van der Waals surface area contributed by atoms with E-state index in [1.54, 1.807) is 0 Å². The van der Waals surface area contributed by atoms with Crippen LogP contribution in [0, 0.1) is 6.92 Å². The third-order valence-corrected chi connectivity index (χ3v) is 5.23. The van der Waals surface area contributed by atoms with Crippen LogP contribution in [-0.2, 0) is 0 Å². The lowest BCUT2D eigenvalue weighted by Gasteiger charge is -2.06. The van der Waals surface area contributed by atoms with Crippen LogP contribution in [0.1, 0.15) is 40.8 Å². The molecule has 0 aromatic carbocycles. The zero-order valence-corrected chi connectivity index (χ0v) is 11.9. The van der Waals surface area contributed by atoms with Gasteiger partial charge >= 0.3 is 0 Å². The maximum atomic E-state index is 3.73. The van der Waals surface area contributed by atoms with Gasteiger partial charge in [0.25, 0.3) is 0 Å². The summed E-state index contributed by atoms with van der Waals surface area (Å²) in [5.41, 5.74) is 0. The summed E-state index contributed by atoms with van der Waals surface area (Å²) in [6.07, 6.45) is 3.79. The molecule has 0 aliphatic rings. The van der Waals surface area contributed by atoms with Gasteiger partial charge in [0, 0.05) is 14.2 Å². The maximum absolute atomic E-state index is 3.73. The van der Waals surface area contributed by atoms with Crippen molar-refractivity contribution in [2.24, 2.45) is 0 Å². The highest BCUT2D eigenvalue weighted by atomic mass is 79.9. The monoisotopic (exact) mass is 324 g/mol. The Balaban J connectivity index is 2.64. The normalized spacial score (nSPS) is 13.2. The van der Waals surface area contributed by atoms with Gasteiger partial charge in [-0.1, -0.05) is 35.7 Å². The van der Waals surface area contributed by atoms with Crippen LogP contribution in [0.3, 0.4) is 0 Å². The summed E-state index contributed by atoms with van der Waals surface area (Å²) in [5.74, 6) is 0. The number of halogens is 2. The molecule has 0 bridgehead atoms. The van der Waals surface area contributed by atoms with E-state index in [0.29, 0.717) is 4.83 Å². The predicted molar refractivity (Wildman–Crippen MR) is 67.9 cm³/mol. The molecule has 0 nitrogen and oxygen atoms in total. The van der Waals surface area contributed by atoms with Gasteiger partial charge in [-0.25, -0.2) is 0 Å². The number of rotatable bonds is 4. The van der Waals surface area contributed by atoms with Gasteiger partial charge in [0.1, 0.15) is 0 Å². The number of hydrogen-bond acceptors (Lipinski definition) is 1. The molecule has 0 radical (unpaired) electrons. The second kappa shape index (κ2) is 5.52. The number of unbranched alkanes of at least 4 members (excludes halogenated alkanes) is 1. The van der Waals surface area contributed by atoms with E-state index in [-0.39, 0.29) is 0 Å². The number of aryl methyl sites for hydroxylation is 1. The van der Waals surface area contributed by atoms with Gasteiger partial charge in [-0.15, -0.1) is 11.3 Å². The Morgan fingerprint density at radius 2 is 2.23 bits per heavy atom. The number of alkyl halides is 1. The second-order valence-electron chi connectivity index (χ2n) is 3.18. The molecule has 1 rings (SSSR count). The molecule has 0 amide bonds. The largest absolute Gasteiger partial charge is 0.143 e. The Kier molecular flexibility index (Phi) is 4.98. The van der Waals surface area contributed by atoms with Crippen LogP contribution in [0.4, 0.5) is 0 Å². The molecule has 0 spiro atoms. The van der Waals surface area contributed by atoms with Gasteiger partial charge in [-0.05, 0) is 35.3 Å². The Morgan fingerprint density at radius 1 is 1.54 bits per heavy atom. The van der Waals surface area contributed by atoms with Crippen molar-refractivity contribution in [3.8, 4) is 0 Å². The van der Waals surface area contributed by atoms with Crippen LogP contribution < -0.4 is 0 Å². The van der Waals surface area contributed by atoms with Crippen molar-refractivity contribution in [2.45, 2.75) is 37.9 Å². The average Bonchev–Trinajstić information content (AvgIpc) is 2.41. The molecule has 0 fully saturated rings. The van der Waals surface area contributed by atoms with Gasteiger partial charge in [0.05, 0.1) is 4.83 Å². The van der Waals surface area contributed by atoms with E-state index in [1.807, 2.05) is 11.3 Å². The minimum Gasteiger partial charge on any atom is -0.143 e. The fourth-order valence-electron chi connectivity index (χ4n) is 1.23. The van der Waals surface area contributed by atoms with Crippen LogP contribution in [0.2, 0.25) is 0 Å². The summed E-state index contributed by atoms with van der Waals surface area (Å²) >= 11 is 9.20. The zero-order valence-electron chi connectivity index (χ0n) is 7.94. The molecule has 0 saturated carbocycles. The third-order valence-electron chi connectivity index (χ3n) is 1.93. The van der Waals surface area contributed by atoms with Crippen molar-refractivity contribution in [1.29, 1.82) is 0 Å². The van der Waals surface area contributed by atoms with Gasteiger partial charge in [-0.3, -0.25) is 0 Å². The van der Waals surface area contributed by atoms with E-state index in [2.05, 4.69) is 51.8 Å². The predicted octanol–water partition coefficient (Wildman–Crippen LogP) is 5.45. The summed E-state index contributed by atoms with van der Waals surface area (Å²) in [6.45, 7) is 4.38. The van der Waals surface area contributed by atoms with Gasteiger partial charge in [-0.2, -0.15) is 0 Å². The lowest BCUT2D eigenvalue weighted by molar-refractivity contribution is 0.717. The molecular formula is C10H14Br2S. The summed E-state index contributed by atoms with van der Waals surface area (Å²) in [4.78, 5) is 3.34. The van der Waals surface area contributed by atoms with E-state index >= 15 is 0 Å². The Bertz CT molecular complexity index is 268. The highest BCUT2D eigenvalue weighted by Gasteiger charge is 2.13.